The molecule has 0 unspecified atom stereocenters. The molecule has 10 nitrogen and oxygen atoms in total. The lowest BCUT2D eigenvalue weighted by atomic mass is 10.2. The number of aromatic nitrogens is 6. The van der Waals surface area contributed by atoms with Gasteiger partial charge in [-0.15, -0.1) is 26.6 Å². The van der Waals surface area contributed by atoms with Gasteiger partial charge in [0.15, 0.2) is 5.01 Å². The highest BCUT2D eigenvalue weighted by Gasteiger charge is 2.19. The topological polar surface area (TPSA) is 121 Å². The molecule has 5 aromatic rings. The molecule has 5 rings (SSSR count). The summed E-state index contributed by atoms with van der Waals surface area (Å²) in [7, 11) is 0. The van der Waals surface area contributed by atoms with E-state index in [1.807, 2.05) is 54.8 Å². The first-order valence-electron chi connectivity index (χ1n) is 9.44. The zero-order valence-electron chi connectivity index (χ0n) is 16.6. The second-order valence-electron chi connectivity index (χ2n) is 6.66. The summed E-state index contributed by atoms with van der Waals surface area (Å²) in [5.41, 5.74) is 2.19. The Bertz CT molecular complexity index is 1430. The Morgan fingerprint density at radius 2 is 2.00 bits per heavy atom. The fraction of sp³-hybridized carbons (Fsp3) is 0.100. The summed E-state index contributed by atoms with van der Waals surface area (Å²) in [5.74, 6) is -1.10. The fourth-order valence-electron chi connectivity index (χ4n) is 3.03. The van der Waals surface area contributed by atoms with Gasteiger partial charge in [-0.2, -0.15) is 9.78 Å². The standard InChI is InChI=1S/C20H15N7O3S2/c1-12-14(10-21-27(12)13-6-3-2-4-7-13)17-25-26(20(29)30-17)11-16(28)22-19-24-23-18(32-19)15-8-5-9-31-15/h2-10H,11H2,1H3,(H,22,24,28). The molecule has 12 heteroatoms. The van der Waals surface area contributed by atoms with E-state index in [0.29, 0.717) is 15.7 Å². The van der Waals surface area contributed by atoms with Gasteiger partial charge >= 0.3 is 5.76 Å². The molecule has 0 fully saturated rings. The van der Waals surface area contributed by atoms with E-state index in [4.69, 9.17) is 4.42 Å². The summed E-state index contributed by atoms with van der Waals surface area (Å²) in [6.07, 6.45) is 1.57. The third-order valence-electron chi connectivity index (χ3n) is 4.54. The van der Waals surface area contributed by atoms with Gasteiger partial charge in [0, 0.05) is 0 Å². The average Bonchev–Trinajstić information content (AvgIpc) is 3.57. The Morgan fingerprint density at radius 3 is 2.78 bits per heavy atom. The monoisotopic (exact) mass is 465 g/mol. The molecule has 160 valence electrons. The summed E-state index contributed by atoms with van der Waals surface area (Å²) >= 11 is 2.79. The largest absolute Gasteiger partial charge is 0.437 e. The Labute approximate surface area is 188 Å². The van der Waals surface area contributed by atoms with Crippen LogP contribution in [0.15, 0.2) is 63.3 Å². The third-order valence-corrected chi connectivity index (χ3v) is 6.42. The minimum Gasteiger partial charge on any atom is -0.387 e. The van der Waals surface area contributed by atoms with Crippen LogP contribution in [0.3, 0.4) is 0 Å². The molecule has 0 aliphatic carbocycles. The number of hydrogen-bond acceptors (Lipinski definition) is 9. The van der Waals surface area contributed by atoms with Crippen LogP contribution in [0.25, 0.3) is 27.0 Å². The van der Waals surface area contributed by atoms with Crippen LogP contribution in [0.4, 0.5) is 5.13 Å². The number of nitrogens with one attached hydrogen (secondary N) is 1. The number of nitrogens with zero attached hydrogens (tertiary/aromatic N) is 6. The Hall–Kier alpha value is -3.90. The summed E-state index contributed by atoms with van der Waals surface area (Å²) in [6.45, 7) is 1.53. The van der Waals surface area contributed by atoms with Crippen LogP contribution in [0.5, 0.6) is 0 Å². The van der Waals surface area contributed by atoms with Gasteiger partial charge in [0.2, 0.25) is 11.0 Å². The smallest absolute Gasteiger partial charge is 0.387 e. The average molecular weight is 466 g/mol. The van der Waals surface area contributed by atoms with Crippen molar-refractivity contribution in [2.24, 2.45) is 0 Å². The molecule has 0 atom stereocenters. The molecule has 1 N–H and O–H groups in total. The van der Waals surface area contributed by atoms with Crippen molar-refractivity contribution in [1.82, 2.24) is 29.8 Å². The van der Waals surface area contributed by atoms with Gasteiger partial charge in [-0.05, 0) is 30.5 Å². The van der Waals surface area contributed by atoms with Crippen LogP contribution >= 0.6 is 22.7 Å². The van der Waals surface area contributed by atoms with Crippen LogP contribution in [-0.4, -0.2) is 35.7 Å². The number of carbonyl (C=O) groups is 1. The van der Waals surface area contributed by atoms with Crippen molar-refractivity contribution in [3.8, 4) is 27.0 Å². The van der Waals surface area contributed by atoms with Crippen molar-refractivity contribution in [3.63, 3.8) is 0 Å². The van der Waals surface area contributed by atoms with Gasteiger partial charge in [0.05, 0.1) is 28.0 Å². The Balaban J connectivity index is 1.32. The number of amides is 1. The quantitative estimate of drug-likeness (QED) is 0.409. The highest BCUT2D eigenvalue weighted by molar-refractivity contribution is 7.23. The van der Waals surface area contributed by atoms with E-state index in [-0.39, 0.29) is 12.4 Å². The molecular formula is C20H15N7O3S2. The van der Waals surface area contributed by atoms with Crippen LogP contribution in [0.2, 0.25) is 0 Å². The lowest BCUT2D eigenvalue weighted by molar-refractivity contribution is -0.117. The summed E-state index contributed by atoms with van der Waals surface area (Å²) in [4.78, 5) is 25.6. The number of anilines is 1. The maximum absolute atomic E-state index is 12.4. The highest BCUT2D eigenvalue weighted by atomic mass is 32.1. The first kappa shape index (κ1) is 20.0. The van der Waals surface area contributed by atoms with Crippen LogP contribution in [-0.2, 0) is 11.3 Å². The molecule has 4 heterocycles. The van der Waals surface area contributed by atoms with E-state index in [0.717, 1.165) is 20.9 Å². The molecule has 0 aliphatic heterocycles. The van der Waals surface area contributed by atoms with Crippen molar-refractivity contribution in [3.05, 3.63) is 70.3 Å². The lowest BCUT2D eigenvalue weighted by Crippen LogP contribution is -2.25. The van der Waals surface area contributed by atoms with Crippen molar-refractivity contribution >= 4 is 33.7 Å². The number of para-hydroxylation sites is 1. The highest BCUT2D eigenvalue weighted by Crippen LogP contribution is 2.29. The van der Waals surface area contributed by atoms with Gasteiger partial charge in [-0.3, -0.25) is 10.1 Å². The minimum atomic E-state index is -0.737. The molecule has 0 saturated heterocycles. The van der Waals surface area contributed by atoms with Gasteiger partial charge in [-0.1, -0.05) is 35.6 Å². The number of benzene rings is 1. The molecular weight excluding hydrogens is 450 g/mol. The van der Waals surface area contributed by atoms with Crippen molar-refractivity contribution in [2.45, 2.75) is 13.5 Å². The summed E-state index contributed by atoms with van der Waals surface area (Å²) in [6, 6.07) is 13.4. The van der Waals surface area contributed by atoms with E-state index in [9.17, 15) is 9.59 Å². The molecule has 32 heavy (non-hydrogen) atoms. The Morgan fingerprint density at radius 1 is 1.16 bits per heavy atom. The predicted molar refractivity (Wildman–Crippen MR) is 120 cm³/mol. The van der Waals surface area contributed by atoms with Gasteiger partial charge in [0.25, 0.3) is 5.89 Å². The fourth-order valence-corrected chi connectivity index (χ4v) is 4.58. The van der Waals surface area contributed by atoms with E-state index >= 15 is 0 Å². The lowest BCUT2D eigenvalue weighted by Gasteiger charge is -2.03. The van der Waals surface area contributed by atoms with Crippen LogP contribution in [0, 0.1) is 6.92 Å². The summed E-state index contributed by atoms with van der Waals surface area (Å²) in [5, 5.41) is 22.2. The first-order chi connectivity index (χ1) is 15.6. The van der Waals surface area contributed by atoms with Crippen molar-refractivity contribution in [2.75, 3.05) is 5.32 Å². The normalized spacial score (nSPS) is 11.0. The van der Waals surface area contributed by atoms with Crippen LogP contribution in [0.1, 0.15) is 5.69 Å². The maximum atomic E-state index is 12.4. The third kappa shape index (κ3) is 3.88. The number of rotatable bonds is 6. The zero-order valence-corrected chi connectivity index (χ0v) is 18.3. The van der Waals surface area contributed by atoms with Gasteiger partial charge in [0.1, 0.15) is 6.54 Å². The van der Waals surface area contributed by atoms with Crippen molar-refractivity contribution in [1.29, 1.82) is 0 Å². The molecule has 1 amide bonds. The zero-order chi connectivity index (χ0) is 22.1. The van der Waals surface area contributed by atoms with Crippen LogP contribution < -0.4 is 11.1 Å². The van der Waals surface area contributed by atoms with E-state index < -0.39 is 11.7 Å². The van der Waals surface area contributed by atoms with Gasteiger partial charge in [-0.25, -0.2) is 9.48 Å². The molecule has 0 bridgehead atoms. The van der Waals surface area contributed by atoms with E-state index in [2.05, 4.69) is 25.7 Å². The Kier molecular flexibility index (Phi) is 5.21. The molecule has 1 aromatic carbocycles. The number of thiophene rings is 1. The number of hydrogen-bond donors (Lipinski definition) is 1. The molecule has 0 saturated carbocycles. The van der Waals surface area contributed by atoms with Crippen molar-refractivity contribution < 1.29 is 9.21 Å². The first-order valence-corrected chi connectivity index (χ1v) is 11.1. The van der Waals surface area contributed by atoms with E-state index in [1.54, 1.807) is 10.9 Å². The van der Waals surface area contributed by atoms with E-state index in [1.165, 1.54) is 22.7 Å². The SMILES string of the molecule is Cc1c(-c2nn(CC(=O)Nc3nnc(-c4cccs4)s3)c(=O)o2)cnn1-c1ccccc1. The second kappa shape index (κ2) is 8.32. The summed E-state index contributed by atoms with van der Waals surface area (Å²) < 4.78 is 7.96. The molecule has 4 aromatic heterocycles. The maximum Gasteiger partial charge on any atom is 0.437 e. The number of carbonyl (C=O) groups excluding carboxylic acids is 1. The molecule has 0 spiro atoms. The molecule has 0 aliphatic rings. The van der Waals surface area contributed by atoms with Gasteiger partial charge < -0.3 is 4.42 Å². The minimum absolute atomic E-state index is 0.0957. The second-order valence-corrected chi connectivity index (χ2v) is 8.58. The predicted octanol–water partition coefficient (Wildman–Crippen LogP) is 3.22. The molecule has 0 radical (unpaired) electrons.